The smallest absolute Gasteiger partial charge is 0.387 e. The molecule has 2 bridgehead atoms. The maximum absolute atomic E-state index is 13.3. The van der Waals surface area contributed by atoms with Gasteiger partial charge in [-0.25, -0.2) is 29.1 Å². The van der Waals surface area contributed by atoms with Crippen molar-refractivity contribution < 1.29 is 56.7 Å². The number of rotatable bonds is 3. The van der Waals surface area contributed by atoms with Crippen molar-refractivity contribution >= 4 is 55.7 Å². The van der Waals surface area contributed by atoms with E-state index in [2.05, 4.69) is 39.9 Å². The Labute approximate surface area is 264 Å². The highest BCUT2D eigenvalue weighted by atomic mass is 31.2. The largest absolute Gasteiger partial charge is 0.472 e. The lowest BCUT2D eigenvalue weighted by Crippen LogP contribution is -2.36. The maximum Gasteiger partial charge on any atom is 0.472 e. The van der Waals surface area contributed by atoms with Crippen molar-refractivity contribution in [3.63, 3.8) is 0 Å². The zero-order valence-electron chi connectivity index (χ0n) is 23.7. The van der Waals surface area contributed by atoms with E-state index >= 15 is 0 Å². The monoisotopic (exact) mass is 715 g/mol. The summed E-state index contributed by atoms with van der Waals surface area (Å²) in [7, 11) is -10.4. The van der Waals surface area contributed by atoms with Gasteiger partial charge in [-0.15, -0.1) is 0 Å². The fraction of sp³-hybridized carbons (Fsp3) is 0.500. The summed E-state index contributed by atoms with van der Waals surface area (Å²) in [6, 6.07) is 0. The molecule has 0 radical (unpaired) electrons. The molecule has 3 fully saturated rings. The van der Waals surface area contributed by atoms with Crippen LogP contribution in [0.3, 0.4) is 0 Å². The molecule has 2 unspecified atom stereocenters. The number of aliphatic hydroxyl groups is 2. The molecule has 0 aromatic carbocycles. The number of hydrogen-bond acceptors (Lipinski definition) is 19. The first-order valence-electron chi connectivity index (χ1n) is 13.5. The molecule has 256 valence electrons. The molecule has 3 aliphatic heterocycles. The second-order valence-electron chi connectivity index (χ2n) is 10.5. The van der Waals surface area contributed by atoms with Crippen LogP contribution in [-0.2, 0) is 36.7 Å². The fourth-order valence-electron chi connectivity index (χ4n) is 5.48. The lowest BCUT2D eigenvalue weighted by atomic mass is 10.1. The van der Waals surface area contributed by atoms with Crippen molar-refractivity contribution in [2.45, 2.75) is 49.1 Å². The number of aromatic amines is 1. The van der Waals surface area contributed by atoms with Crippen LogP contribution in [0.5, 0.6) is 0 Å². The van der Waals surface area contributed by atoms with Crippen molar-refractivity contribution in [1.29, 1.82) is 0 Å². The van der Waals surface area contributed by atoms with Crippen molar-refractivity contribution in [2.24, 2.45) is 5.11 Å². The van der Waals surface area contributed by atoms with Crippen LogP contribution in [0.15, 0.2) is 22.6 Å². The summed E-state index contributed by atoms with van der Waals surface area (Å²) >= 11 is 0. The van der Waals surface area contributed by atoms with E-state index < -0.39 is 89.4 Å². The van der Waals surface area contributed by atoms with Gasteiger partial charge in [-0.3, -0.25) is 37.0 Å². The van der Waals surface area contributed by atoms with E-state index in [-0.39, 0.29) is 34.1 Å². The average molecular weight is 715 g/mol. The van der Waals surface area contributed by atoms with E-state index in [1.165, 1.54) is 0 Å². The number of hydrogen-bond donors (Lipinski definition) is 7. The summed E-state index contributed by atoms with van der Waals surface area (Å²) in [5.41, 5.74) is 19.4. The van der Waals surface area contributed by atoms with Gasteiger partial charge in [-0.2, -0.15) is 4.98 Å². The van der Waals surface area contributed by atoms with E-state index in [0.29, 0.717) is 0 Å². The minimum atomic E-state index is -5.20. The Morgan fingerprint density at radius 2 is 1.62 bits per heavy atom. The molecule has 0 spiro atoms. The summed E-state index contributed by atoms with van der Waals surface area (Å²) in [6.07, 6.45) is -11.5. The molecule has 10 atom stereocenters. The minimum absolute atomic E-state index is 0.0452. The second-order valence-corrected chi connectivity index (χ2v) is 13.3. The third-order valence-corrected chi connectivity index (χ3v) is 9.51. The fourth-order valence-corrected chi connectivity index (χ4v) is 7.38. The number of anilines is 2. The van der Waals surface area contributed by atoms with Crippen LogP contribution < -0.4 is 17.0 Å². The second kappa shape index (κ2) is 11.8. The number of ether oxygens (including phenoxy) is 2. The number of phosphoric ester groups is 2. The first kappa shape index (κ1) is 32.4. The number of H-pyrrole nitrogens is 1. The van der Waals surface area contributed by atoms with E-state index in [1.807, 2.05) is 0 Å². The third kappa shape index (κ3) is 5.59. The molecule has 48 heavy (non-hydrogen) atoms. The Morgan fingerprint density at radius 1 is 0.938 bits per heavy atom. The van der Waals surface area contributed by atoms with Crippen LogP contribution in [0.25, 0.3) is 32.8 Å². The lowest BCUT2D eigenvalue weighted by molar-refractivity contribution is -0.0670. The summed E-state index contributed by atoms with van der Waals surface area (Å²) in [6.45, 7) is -1.81. The number of imidazole rings is 2. The zero-order valence-corrected chi connectivity index (χ0v) is 25.5. The van der Waals surface area contributed by atoms with E-state index in [0.717, 1.165) is 21.8 Å². The number of azide groups is 1. The molecule has 0 aliphatic carbocycles. The van der Waals surface area contributed by atoms with Crippen LogP contribution in [0.4, 0.5) is 17.7 Å². The van der Waals surface area contributed by atoms with Crippen molar-refractivity contribution in [2.75, 3.05) is 24.7 Å². The van der Waals surface area contributed by atoms with Gasteiger partial charge in [0, 0.05) is 4.91 Å². The minimum Gasteiger partial charge on any atom is -0.387 e. The van der Waals surface area contributed by atoms with Gasteiger partial charge in [0.25, 0.3) is 5.56 Å². The molecule has 26 nitrogen and oxygen atoms in total. The van der Waals surface area contributed by atoms with Crippen LogP contribution >= 0.6 is 15.6 Å². The number of aromatic nitrogens is 8. The quantitative estimate of drug-likeness (QED) is 0.0555. The van der Waals surface area contributed by atoms with Gasteiger partial charge in [0.1, 0.15) is 43.0 Å². The molecule has 0 saturated carbocycles. The molecule has 9 N–H and O–H groups in total. The molecular formula is C20H23N13O13P2. The summed E-state index contributed by atoms with van der Waals surface area (Å²) < 4.78 is 60.9. The van der Waals surface area contributed by atoms with Crippen molar-refractivity contribution in [3.8, 4) is 0 Å². The molecule has 7 rings (SSSR count). The van der Waals surface area contributed by atoms with E-state index in [9.17, 15) is 33.9 Å². The summed E-state index contributed by atoms with van der Waals surface area (Å²) in [4.78, 5) is 58.5. The Morgan fingerprint density at radius 3 is 2.35 bits per heavy atom. The number of nitrogens with one attached hydrogen (secondary N) is 1. The predicted octanol–water partition coefficient (Wildman–Crippen LogP) is -1.40. The van der Waals surface area contributed by atoms with Gasteiger partial charge < -0.3 is 40.9 Å². The van der Waals surface area contributed by atoms with Crippen LogP contribution in [0.1, 0.15) is 12.5 Å². The summed E-state index contributed by atoms with van der Waals surface area (Å²) in [5, 5.41) is 25.8. The number of nitrogens with two attached hydrogens (primary N) is 2. The first-order chi connectivity index (χ1) is 22.8. The third-order valence-electron chi connectivity index (χ3n) is 7.54. The molecule has 4 aromatic heterocycles. The maximum atomic E-state index is 13.3. The van der Waals surface area contributed by atoms with E-state index in [1.54, 1.807) is 0 Å². The molecule has 0 amide bonds. The molecule has 7 heterocycles. The van der Waals surface area contributed by atoms with Gasteiger partial charge >= 0.3 is 15.6 Å². The molecule has 3 saturated heterocycles. The highest BCUT2D eigenvalue weighted by Gasteiger charge is 2.54. The normalized spacial score (nSPS) is 35.8. The van der Waals surface area contributed by atoms with Gasteiger partial charge in [0.2, 0.25) is 11.9 Å². The predicted molar refractivity (Wildman–Crippen MR) is 152 cm³/mol. The first-order valence-corrected chi connectivity index (χ1v) is 16.5. The highest BCUT2D eigenvalue weighted by molar-refractivity contribution is 7.47. The Balaban J connectivity index is 1.23. The highest BCUT2D eigenvalue weighted by Crippen LogP contribution is 2.54. The molecule has 4 aromatic rings. The number of nitrogens with zero attached hydrogens (tertiary/aromatic N) is 10. The average Bonchev–Trinajstić information content (AvgIpc) is 3.75. The zero-order chi connectivity index (χ0) is 34.1. The Hall–Kier alpha value is -4.13. The van der Waals surface area contributed by atoms with Gasteiger partial charge in [0.05, 0.1) is 19.5 Å². The number of phosphoric acid groups is 2. The number of aliphatic hydroxyl groups excluding tert-OH is 2. The number of fused-ring (bicyclic) bond motifs is 5. The van der Waals surface area contributed by atoms with Crippen molar-refractivity contribution in [3.05, 3.63) is 33.5 Å². The lowest BCUT2D eigenvalue weighted by Gasteiger charge is -2.25. The van der Waals surface area contributed by atoms with Crippen LogP contribution in [-0.4, -0.2) is 109 Å². The van der Waals surface area contributed by atoms with Gasteiger partial charge in [-0.1, -0.05) is 0 Å². The van der Waals surface area contributed by atoms with Crippen LogP contribution in [0, 0.1) is 0 Å². The van der Waals surface area contributed by atoms with E-state index in [4.69, 9.17) is 44.6 Å². The van der Waals surface area contributed by atoms with Gasteiger partial charge in [-0.05, 0) is 10.6 Å². The topological polar surface area (TPSA) is 378 Å². The standard InChI is InChI=1S/C20H23N13O13P2/c21-13-7-14(25-3-24-13)33(20(27-7)30-31-23)17-10(35)11-6(44-17)2-42-48(39,40)46-12-9(34)5(1-41-47(37,38)45-11)43-18(12)32-4-26-8-15(32)28-19(22)29-16(8)36/h3-6,9-12,17-18,34-35H,1-2H2,(H,37,38)(H,39,40)(H2,21,24,25)(H3,22,28,29,36)/t5-,6-,9-,10-,11-,12-,17-,18-/m1/s1. The van der Waals surface area contributed by atoms with Gasteiger partial charge in [0.15, 0.2) is 40.6 Å². The summed E-state index contributed by atoms with van der Waals surface area (Å²) in [5.74, 6) is -0.835. The van der Waals surface area contributed by atoms with Crippen LogP contribution in [0.2, 0.25) is 0 Å². The molecule has 28 heteroatoms. The van der Waals surface area contributed by atoms with Crippen molar-refractivity contribution in [1.82, 2.24) is 39.0 Å². The SMILES string of the molecule is [N-]=[N+]=Nc1nc2c(N)ncnc2n1[C@@H]1O[C@@H]2COP(=O)(O)O[C@@H]3[C@H](O)[C@@H](COP(=O)(O)O[C@H]2[C@H]1O)O[C@H]3n1cnc2c(=O)[nH]c(N)nc21. The Bertz CT molecular complexity index is 2120. The Kier molecular flexibility index (Phi) is 7.96. The molecular weight excluding hydrogens is 692 g/mol. The number of nitrogen functional groups attached to an aromatic ring is 2. The molecule has 3 aliphatic rings.